The van der Waals surface area contributed by atoms with Crippen LogP contribution < -0.4 is 4.74 Å². The van der Waals surface area contributed by atoms with Crippen molar-refractivity contribution >= 4 is 0 Å². The zero-order valence-corrected chi connectivity index (χ0v) is 12.6. The Hall–Kier alpha value is -1.10. The summed E-state index contributed by atoms with van der Waals surface area (Å²) >= 11 is 0. The van der Waals surface area contributed by atoms with Crippen molar-refractivity contribution in [3.8, 4) is 5.75 Å². The highest BCUT2D eigenvalue weighted by atomic mass is 16.5. The average Bonchev–Trinajstić information content (AvgIpc) is 2.37. The van der Waals surface area contributed by atoms with E-state index in [1.165, 1.54) is 5.56 Å². The number of morpholine rings is 1. The van der Waals surface area contributed by atoms with Crippen molar-refractivity contribution in [2.24, 2.45) is 0 Å². The summed E-state index contributed by atoms with van der Waals surface area (Å²) in [4.78, 5) is 2.24. The van der Waals surface area contributed by atoms with Crippen molar-refractivity contribution in [3.05, 3.63) is 29.8 Å². The van der Waals surface area contributed by atoms with Crippen LogP contribution >= 0.6 is 0 Å². The van der Waals surface area contributed by atoms with Gasteiger partial charge in [0.1, 0.15) is 18.5 Å². The SMILES string of the molecule is Cc1ccc(OCC(O)CN2CC(C)OC(C)C2)cc1. The molecule has 0 spiro atoms. The van der Waals surface area contributed by atoms with Gasteiger partial charge in [-0.05, 0) is 32.9 Å². The molecule has 1 aromatic rings. The second kappa shape index (κ2) is 7.07. The number of ether oxygens (including phenoxy) is 2. The second-order valence-electron chi connectivity index (χ2n) is 5.75. The van der Waals surface area contributed by atoms with E-state index in [0.717, 1.165) is 18.8 Å². The fourth-order valence-corrected chi connectivity index (χ4v) is 2.61. The Morgan fingerprint density at radius 3 is 2.45 bits per heavy atom. The van der Waals surface area contributed by atoms with E-state index in [9.17, 15) is 5.11 Å². The standard InChI is InChI=1S/C16H25NO3/c1-12-4-6-16(7-5-12)19-11-15(18)10-17-8-13(2)20-14(3)9-17/h4-7,13-15,18H,8-11H2,1-3H3. The molecule has 0 saturated carbocycles. The van der Waals surface area contributed by atoms with Gasteiger partial charge in [0.2, 0.25) is 0 Å². The molecule has 1 aliphatic rings. The molecule has 1 aliphatic heterocycles. The van der Waals surface area contributed by atoms with Gasteiger partial charge in [0, 0.05) is 19.6 Å². The molecule has 112 valence electrons. The fourth-order valence-electron chi connectivity index (χ4n) is 2.61. The van der Waals surface area contributed by atoms with Crippen molar-refractivity contribution in [1.29, 1.82) is 0 Å². The lowest BCUT2D eigenvalue weighted by Gasteiger charge is -2.36. The third-order valence-corrected chi connectivity index (χ3v) is 3.43. The number of hydrogen-bond acceptors (Lipinski definition) is 4. The van der Waals surface area contributed by atoms with Crippen molar-refractivity contribution < 1.29 is 14.6 Å². The van der Waals surface area contributed by atoms with E-state index < -0.39 is 6.10 Å². The van der Waals surface area contributed by atoms with Crippen molar-refractivity contribution in [3.63, 3.8) is 0 Å². The zero-order valence-electron chi connectivity index (χ0n) is 12.6. The molecule has 0 radical (unpaired) electrons. The minimum absolute atomic E-state index is 0.226. The summed E-state index contributed by atoms with van der Waals surface area (Å²) in [6.07, 6.45) is -0.0262. The van der Waals surface area contributed by atoms with Gasteiger partial charge in [-0.15, -0.1) is 0 Å². The van der Waals surface area contributed by atoms with Crippen LogP contribution in [0.4, 0.5) is 0 Å². The molecule has 3 atom stereocenters. The molecule has 4 nitrogen and oxygen atoms in total. The third-order valence-electron chi connectivity index (χ3n) is 3.43. The van der Waals surface area contributed by atoms with Gasteiger partial charge in [-0.1, -0.05) is 17.7 Å². The molecule has 1 N–H and O–H groups in total. The number of nitrogens with zero attached hydrogens (tertiary/aromatic N) is 1. The number of hydrogen-bond donors (Lipinski definition) is 1. The van der Waals surface area contributed by atoms with Crippen LogP contribution in [-0.2, 0) is 4.74 Å². The van der Waals surface area contributed by atoms with E-state index in [4.69, 9.17) is 9.47 Å². The largest absolute Gasteiger partial charge is 0.491 e. The summed E-state index contributed by atoms with van der Waals surface area (Å²) in [5, 5.41) is 10.1. The third kappa shape index (κ3) is 4.78. The van der Waals surface area contributed by atoms with E-state index in [2.05, 4.69) is 18.7 Å². The molecule has 3 unspecified atom stereocenters. The van der Waals surface area contributed by atoms with Gasteiger partial charge in [0.05, 0.1) is 12.2 Å². The molecule has 1 saturated heterocycles. The van der Waals surface area contributed by atoms with Gasteiger partial charge >= 0.3 is 0 Å². The molecule has 0 bridgehead atoms. The number of β-amino-alcohol motifs (C(OH)–C–C–N with tert-alkyl or cyclic N) is 1. The summed E-state index contributed by atoms with van der Waals surface area (Å²) in [5.74, 6) is 0.804. The van der Waals surface area contributed by atoms with E-state index >= 15 is 0 Å². The summed E-state index contributed by atoms with van der Waals surface area (Å²) in [7, 11) is 0. The maximum atomic E-state index is 10.1. The predicted octanol–water partition coefficient (Wildman–Crippen LogP) is 1.84. The van der Waals surface area contributed by atoms with Crippen LogP contribution in [-0.4, -0.2) is 54.6 Å². The lowest BCUT2D eigenvalue weighted by atomic mass is 10.2. The first-order valence-electron chi connectivity index (χ1n) is 7.28. The number of rotatable bonds is 5. The smallest absolute Gasteiger partial charge is 0.119 e. The summed E-state index contributed by atoms with van der Waals surface area (Å²) in [6.45, 7) is 8.86. The van der Waals surface area contributed by atoms with Crippen LogP contribution in [0.3, 0.4) is 0 Å². The van der Waals surface area contributed by atoms with E-state index in [1.54, 1.807) is 0 Å². The molecule has 1 fully saturated rings. The Balaban J connectivity index is 1.74. The summed E-state index contributed by atoms with van der Waals surface area (Å²) < 4.78 is 11.3. The second-order valence-corrected chi connectivity index (χ2v) is 5.75. The Morgan fingerprint density at radius 1 is 1.25 bits per heavy atom. The highest BCUT2D eigenvalue weighted by Gasteiger charge is 2.23. The van der Waals surface area contributed by atoms with Gasteiger partial charge in [0.15, 0.2) is 0 Å². The minimum atomic E-state index is -0.478. The van der Waals surface area contributed by atoms with E-state index in [0.29, 0.717) is 13.2 Å². The molecule has 0 aliphatic carbocycles. The van der Waals surface area contributed by atoms with Gasteiger partial charge in [-0.25, -0.2) is 0 Å². The zero-order chi connectivity index (χ0) is 14.5. The monoisotopic (exact) mass is 279 g/mol. The molecule has 0 aromatic heterocycles. The molecular formula is C16H25NO3. The van der Waals surface area contributed by atoms with Crippen molar-refractivity contribution in [2.75, 3.05) is 26.2 Å². The molecule has 2 rings (SSSR count). The Labute approximate surface area is 121 Å². The highest BCUT2D eigenvalue weighted by Crippen LogP contribution is 2.13. The average molecular weight is 279 g/mol. The minimum Gasteiger partial charge on any atom is -0.491 e. The van der Waals surface area contributed by atoms with Gasteiger partial charge in [-0.3, -0.25) is 4.90 Å². The first kappa shape index (κ1) is 15.3. The normalized spacial score (nSPS) is 25.4. The molecule has 1 aromatic carbocycles. The van der Waals surface area contributed by atoms with Crippen LogP contribution in [0.1, 0.15) is 19.4 Å². The fraction of sp³-hybridized carbons (Fsp3) is 0.625. The van der Waals surface area contributed by atoms with Crippen LogP contribution in [0.25, 0.3) is 0 Å². The van der Waals surface area contributed by atoms with Crippen molar-refractivity contribution in [2.45, 2.75) is 39.1 Å². The lowest BCUT2D eigenvalue weighted by Crippen LogP contribution is -2.48. The van der Waals surface area contributed by atoms with Gasteiger partial charge < -0.3 is 14.6 Å². The summed E-state index contributed by atoms with van der Waals surface area (Å²) in [5.41, 5.74) is 1.20. The quantitative estimate of drug-likeness (QED) is 0.893. The predicted molar refractivity (Wildman–Crippen MR) is 79.1 cm³/mol. The number of benzene rings is 1. The molecule has 20 heavy (non-hydrogen) atoms. The number of aliphatic hydroxyl groups excluding tert-OH is 1. The Kier molecular flexibility index (Phi) is 5.40. The van der Waals surface area contributed by atoms with E-state index in [-0.39, 0.29) is 12.2 Å². The highest BCUT2D eigenvalue weighted by molar-refractivity contribution is 5.26. The molecular weight excluding hydrogens is 254 g/mol. The molecule has 4 heteroatoms. The van der Waals surface area contributed by atoms with Crippen LogP contribution in [0, 0.1) is 6.92 Å². The van der Waals surface area contributed by atoms with E-state index in [1.807, 2.05) is 31.2 Å². The molecule has 0 amide bonds. The van der Waals surface area contributed by atoms with Crippen LogP contribution in [0.5, 0.6) is 5.75 Å². The number of aryl methyl sites for hydroxylation is 1. The van der Waals surface area contributed by atoms with Crippen LogP contribution in [0.15, 0.2) is 24.3 Å². The van der Waals surface area contributed by atoms with Gasteiger partial charge in [0.25, 0.3) is 0 Å². The molecule has 1 heterocycles. The van der Waals surface area contributed by atoms with Crippen LogP contribution in [0.2, 0.25) is 0 Å². The Bertz CT molecular complexity index is 397. The maximum Gasteiger partial charge on any atom is 0.119 e. The maximum absolute atomic E-state index is 10.1. The van der Waals surface area contributed by atoms with Gasteiger partial charge in [-0.2, -0.15) is 0 Å². The summed E-state index contributed by atoms with van der Waals surface area (Å²) in [6, 6.07) is 7.88. The topological polar surface area (TPSA) is 41.9 Å². The Morgan fingerprint density at radius 2 is 1.85 bits per heavy atom. The lowest BCUT2D eigenvalue weighted by molar-refractivity contribution is -0.0786. The first-order valence-corrected chi connectivity index (χ1v) is 7.28. The van der Waals surface area contributed by atoms with Crippen molar-refractivity contribution in [1.82, 2.24) is 4.90 Å². The first-order chi connectivity index (χ1) is 9.52. The number of aliphatic hydroxyl groups is 1.